The van der Waals surface area contributed by atoms with Crippen LogP contribution >= 0.6 is 0 Å². The van der Waals surface area contributed by atoms with E-state index in [0.29, 0.717) is 24.3 Å². The van der Waals surface area contributed by atoms with Crippen LogP contribution in [0.2, 0.25) is 0 Å². The third kappa shape index (κ3) is 7.83. The van der Waals surface area contributed by atoms with Crippen molar-refractivity contribution in [3.63, 3.8) is 0 Å². The SMILES string of the molecule is CCC(Cc1nc(N[C@@H](CO)CC(C)C)nc(NS(C)(=O)=O)n1)c1cnc(OC)cc1F. The summed E-state index contributed by atoms with van der Waals surface area (Å²) in [6, 6.07) is 0.897. The fraction of sp³-hybridized carbons (Fsp3) is 0.600. The third-order valence-corrected chi connectivity index (χ3v) is 5.25. The van der Waals surface area contributed by atoms with Crippen LogP contribution in [0.3, 0.4) is 0 Å². The van der Waals surface area contributed by atoms with Crippen LogP contribution in [0.5, 0.6) is 5.88 Å². The number of nitrogens with one attached hydrogen (secondary N) is 2. The normalized spacial score (nSPS) is 13.6. The van der Waals surface area contributed by atoms with Gasteiger partial charge in [0.1, 0.15) is 11.6 Å². The first-order valence-corrected chi connectivity index (χ1v) is 12.2. The van der Waals surface area contributed by atoms with Crippen molar-refractivity contribution in [2.45, 2.75) is 52.0 Å². The monoisotopic (exact) mass is 470 g/mol. The second kappa shape index (κ2) is 11.3. The number of aliphatic hydroxyl groups excluding tert-OH is 1. The number of hydrogen-bond acceptors (Lipinski definition) is 9. The lowest BCUT2D eigenvalue weighted by Crippen LogP contribution is -2.27. The largest absolute Gasteiger partial charge is 0.481 e. The summed E-state index contributed by atoms with van der Waals surface area (Å²) in [4.78, 5) is 16.8. The van der Waals surface area contributed by atoms with Crippen molar-refractivity contribution in [1.82, 2.24) is 19.9 Å². The van der Waals surface area contributed by atoms with Gasteiger partial charge in [0, 0.05) is 24.2 Å². The Morgan fingerprint density at radius 3 is 2.44 bits per heavy atom. The van der Waals surface area contributed by atoms with Crippen molar-refractivity contribution in [3.05, 3.63) is 29.5 Å². The van der Waals surface area contributed by atoms with E-state index in [2.05, 4.69) is 30.0 Å². The molecule has 2 aromatic rings. The summed E-state index contributed by atoms with van der Waals surface area (Å²) in [7, 11) is -2.22. The van der Waals surface area contributed by atoms with Crippen molar-refractivity contribution in [2.75, 3.05) is 30.0 Å². The number of anilines is 2. The average molecular weight is 471 g/mol. The van der Waals surface area contributed by atoms with Gasteiger partial charge in [-0.25, -0.2) is 17.8 Å². The first-order valence-electron chi connectivity index (χ1n) is 10.3. The molecule has 2 heterocycles. The zero-order valence-electron chi connectivity index (χ0n) is 19.0. The molecule has 2 atom stereocenters. The number of aromatic nitrogens is 4. The van der Waals surface area contributed by atoms with Gasteiger partial charge in [0.05, 0.1) is 26.0 Å². The van der Waals surface area contributed by atoms with E-state index in [9.17, 15) is 17.9 Å². The molecule has 2 aromatic heterocycles. The van der Waals surface area contributed by atoms with E-state index in [1.54, 1.807) is 0 Å². The van der Waals surface area contributed by atoms with Gasteiger partial charge in [-0.1, -0.05) is 20.8 Å². The van der Waals surface area contributed by atoms with Gasteiger partial charge in [-0.2, -0.15) is 15.0 Å². The van der Waals surface area contributed by atoms with Crippen LogP contribution < -0.4 is 14.8 Å². The maximum atomic E-state index is 14.6. The van der Waals surface area contributed by atoms with E-state index in [4.69, 9.17) is 4.74 Å². The Morgan fingerprint density at radius 1 is 1.22 bits per heavy atom. The van der Waals surface area contributed by atoms with E-state index >= 15 is 0 Å². The molecule has 3 N–H and O–H groups in total. The average Bonchev–Trinajstić information content (AvgIpc) is 2.69. The molecule has 1 unspecified atom stereocenters. The van der Waals surface area contributed by atoms with Crippen LogP contribution in [0.4, 0.5) is 16.3 Å². The molecule has 0 aliphatic heterocycles. The van der Waals surface area contributed by atoms with Gasteiger partial charge < -0.3 is 15.2 Å². The molecule has 178 valence electrons. The first-order chi connectivity index (χ1) is 15.0. The Labute approximate surface area is 188 Å². The van der Waals surface area contributed by atoms with Crippen molar-refractivity contribution in [2.24, 2.45) is 5.92 Å². The number of rotatable bonds is 12. The van der Waals surface area contributed by atoms with E-state index in [1.807, 2.05) is 20.8 Å². The highest BCUT2D eigenvalue weighted by atomic mass is 32.2. The fourth-order valence-corrected chi connectivity index (χ4v) is 3.67. The van der Waals surface area contributed by atoms with Gasteiger partial charge in [-0.05, 0) is 24.7 Å². The number of methoxy groups -OCH3 is 1. The summed E-state index contributed by atoms with van der Waals surface area (Å²) >= 11 is 0. The number of hydrogen-bond donors (Lipinski definition) is 3. The minimum atomic E-state index is -3.63. The second-order valence-corrected chi connectivity index (χ2v) is 9.73. The van der Waals surface area contributed by atoms with Gasteiger partial charge >= 0.3 is 0 Å². The summed E-state index contributed by atoms with van der Waals surface area (Å²) in [6.45, 7) is 5.79. The number of sulfonamides is 1. The number of pyridine rings is 1. The predicted molar refractivity (Wildman–Crippen MR) is 120 cm³/mol. The van der Waals surface area contributed by atoms with E-state index in [-0.39, 0.29) is 48.6 Å². The molecule has 32 heavy (non-hydrogen) atoms. The van der Waals surface area contributed by atoms with Gasteiger partial charge in [0.25, 0.3) is 0 Å². The van der Waals surface area contributed by atoms with Gasteiger partial charge in [0.15, 0.2) is 0 Å². The molecule has 0 aliphatic carbocycles. The third-order valence-electron chi connectivity index (χ3n) is 4.70. The number of aliphatic hydroxyl groups is 1. The standard InChI is InChI=1S/C20H31FN6O4S/c1-6-13(15-10-22-18(31-4)9-16(15)21)8-17-24-19(23-14(11-28)7-12(2)3)26-20(25-17)27-32(5,29)30/h9-10,12-14,28H,6-8,11H2,1-5H3,(H2,23,24,25,26,27)/t13?,14-/m1/s1. The van der Waals surface area contributed by atoms with Crippen LogP contribution in [-0.2, 0) is 16.4 Å². The minimum Gasteiger partial charge on any atom is -0.481 e. The molecule has 10 nitrogen and oxygen atoms in total. The summed E-state index contributed by atoms with van der Waals surface area (Å²) in [5.74, 6) is -0.0236. The summed E-state index contributed by atoms with van der Waals surface area (Å²) in [5.41, 5.74) is 0.383. The molecule has 0 aromatic carbocycles. The smallest absolute Gasteiger partial charge is 0.241 e. The quantitative estimate of drug-likeness (QED) is 0.426. The van der Waals surface area contributed by atoms with Crippen LogP contribution in [0.25, 0.3) is 0 Å². The van der Waals surface area contributed by atoms with E-state index in [1.165, 1.54) is 19.4 Å². The van der Waals surface area contributed by atoms with Crippen molar-refractivity contribution < 1.29 is 22.7 Å². The van der Waals surface area contributed by atoms with Crippen LogP contribution in [0.1, 0.15) is 50.9 Å². The molecular formula is C20H31FN6O4S. The van der Waals surface area contributed by atoms with Crippen molar-refractivity contribution >= 4 is 21.9 Å². The summed E-state index contributed by atoms with van der Waals surface area (Å²) in [5, 5.41) is 12.7. The Morgan fingerprint density at radius 2 is 1.91 bits per heavy atom. The summed E-state index contributed by atoms with van der Waals surface area (Å²) in [6.07, 6.45) is 3.87. The molecule has 12 heteroatoms. The molecular weight excluding hydrogens is 439 g/mol. The lowest BCUT2D eigenvalue weighted by atomic mass is 9.94. The van der Waals surface area contributed by atoms with Crippen LogP contribution in [0.15, 0.2) is 12.3 Å². The summed E-state index contributed by atoms with van der Waals surface area (Å²) < 4.78 is 45.2. The number of halogens is 1. The molecule has 0 radical (unpaired) electrons. The first kappa shape index (κ1) is 25.7. The lowest BCUT2D eigenvalue weighted by Gasteiger charge is -2.20. The van der Waals surface area contributed by atoms with Gasteiger partial charge in [0.2, 0.25) is 27.8 Å². The maximum Gasteiger partial charge on any atom is 0.241 e. The predicted octanol–water partition coefficient (Wildman–Crippen LogP) is 2.34. The van der Waals surface area contributed by atoms with Crippen molar-refractivity contribution in [1.29, 1.82) is 0 Å². The molecule has 0 bridgehead atoms. The molecule has 2 rings (SSSR count). The van der Waals surface area contributed by atoms with E-state index in [0.717, 1.165) is 6.26 Å². The molecule has 0 aliphatic rings. The van der Waals surface area contributed by atoms with Gasteiger partial charge in [-0.3, -0.25) is 4.72 Å². The molecule has 0 saturated heterocycles. The zero-order valence-corrected chi connectivity index (χ0v) is 19.8. The van der Waals surface area contributed by atoms with E-state index < -0.39 is 15.8 Å². The van der Waals surface area contributed by atoms with Crippen LogP contribution in [0, 0.1) is 11.7 Å². The lowest BCUT2D eigenvalue weighted by molar-refractivity contribution is 0.259. The minimum absolute atomic E-state index is 0.129. The number of nitrogens with zero attached hydrogens (tertiary/aromatic N) is 4. The van der Waals surface area contributed by atoms with Crippen LogP contribution in [-0.4, -0.2) is 59.5 Å². The molecule has 0 amide bonds. The Bertz CT molecular complexity index is 1010. The second-order valence-electron chi connectivity index (χ2n) is 7.98. The molecule has 0 fully saturated rings. The number of ether oxygens (including phenoxy) is 1. The Balaban J connectivity index is 2.38. The molecule has 0 saturated carbocycles. The highest BCUT2D eigenvalue weighted by Gasteiger charge is 2.20. The maximum absolute atomic E-state index is 14.6. The highest BCUT2D eigenvalue weighted by molar-refractivity contribution is 7.91. The fourth-order valence-electron chi connectivity index (χ4n) is 3.25. The Hall–Kier alpha value is -2.60. The van der Waals surface area contributed by atoms with Gasteiger partial charge in [-0.15, -0.1) is 0 Å². The Kier molecular flexibility index (Phi) is 9.08. The zero-order chi connectivity index (χ0) is 23.9. The topological polar surface area (TPSA) is 139 Å². The highest BCUT2D eigenvalue weighted by Crippen LogP contribution is 2.27. The molecule has 0 spiro atoms. The van der Waals surface area contributed by atoms with Crippen molar-refractivity contribution in [3.8, 4) is 5.88 Å².